The van der Waals surface area contributed by atoms with Crippen LogP contribution in [-0.4, -0.2) is 33.7 Å². The molecule has 0 aliphatic carbocycles. The molecule has 25 heavy (non-hydrogen) atoms. The molecule has 0 radical (unpaired) electrons. The first kappa shape index (κ1) is 21.5. The van der Waals surface area contributed by atoms with Gasteiger partial charge in [-0.2, -0.15) is 0 Å². The van der Waals surface area contributed by atoms with E-state index in [0.29, 0.717) is 18.2 Å². The number of carbonyl (C=O) groups excluding carboxylic acids is 1. The van der Waals surface area contributed by atoms with Crippen molar-refractivity contribution in [1.82, 2.24) is 5.32 Å². The van der Waals surface area contributed by atoms with Crippen LogP contribution in [0.1, 0.15) is 50.7 Å². The zero-order valence-corrected chi connectivity index (χ0v) is 16.9. The minimum Gasteiger partial charge on any atom is -0.354 e. The number of nitrogens with one attached hydrogen (secondary N) is 1. The van der Waals surface area contributed by atoms with E-state index in [1.165, 1.54) is 4.31 Å². The van der Waals surface area contributed by atoms with E-state index in [1.807, 2.05) is 26.0 Å². The Morgan fingerprint density at radius 2 is 1.92 bits per heavy atom. The molecule has 1 aromatic carbocycles. The number of amides is 1. The minimum atomic E-state index is -3.54. The Labute approximate surface area is 152 Å². The summed E-state index contributed by atoms with van der Waals surface area (Å²) in [7, 11) is -3.54. The minimum absolute atomic E-state index is 0.187. The number of hydrogen-bond donors (Lipinski definition) is 1. The Kier molecular flexibility index (Phi) is 8.42. The normalized spacial score (nSPS) is 12.7. The maximum atomic E-state index is 12.3. The molecule has 5 nitrogen and oxygen atoms in total. The molecule has 1 amide bonds. The smallest absolute Gasteiger partial charge is 0.240 e. The third-order valence-electron chi connectivity index (χ3n) is 4.45. The average Bonchev–Trinajstić information content (AvgIpc) is 2.54. The van der Waals surface area contributed by atoms with E-state index in [4.69, 9.17) is 0 Å². The Morgan fingerprint density at radius 3 is 2.48 bits per heavy atom. The van der Waals surface area contributed by atoms with Crippen LogP contribution in [0.5, 0.6) is 0 Å². The van der Waals surface area contributed by atoms with Gasteiger partial charge in [-0.05, 0) is 43.4 Å². The number of sulfonamides is 1. The molecule has 6 heteroatoms. The molecule has 1 N–H and O–H groups in total. The predicted octanol–water partition coefficient (Wildman–Crippen LogP) is 3.40. The quantitative estimate of drug-likeness (QED) is 0.688. The monoisotopic (exact) mass is 368 g/mol. The number of carbonyl (C=O) groups is 1. The van der Waals surface area contributed by atoms with Crippen molar-refractivity contribution in [1.29, 1.82) is 0 Å². The molecule has 0 heterocycles. The van der Waals surface area contributed by atoms with Gasteiger partial charge in [0.25, 0.3) is 0 Å². The SMILES string of the molecule is CCCCC(CC)CNC(=O)CN(c1cc(C)ccc1C)S(C)(=O)=O. The highest BCUT2D eigenvalue weighted by molar-refractivity contribution is 7.92. The van der Waals surface area contributed by atoms with E-state index < -0.39 is 10.0 Å². The maximum Gasteiger partial charge on any atom is 0.240 e. The summed E-state index contributed by atoms with van der Waals surface area (Å²) in [5.41, 5.74) is 2.36. The number of unbranched alkanes of at least 4 members (excludes halogenated alkanes) is 1. The molecule has 0 aliphatic heterocycles. The van der Waals surface area contributed by atoms with Crippen molar-refractivity contribution in [3.05, 3.63) is 29.3 Å². The zero-order valence-electron chi connectivity index (χ0n) is 16.1. The third-order valence-corrected chi connectivity index (χ3v) is 5.58. The van der Waals surface area contributed by atoms with Crippen molar-refractivity contribution in [2.45, 2.75) is 53.4 Å². The highest BCUT2D eigenvalue weighted by Gasteiger charge is 2.22. The second kappa shape index (κ2) is 9.80. The summed E-state index contributed by atoms with van der Waals surface area (Å²) in [6.07, 6.45) is 5.51. The lowest BCUT2D eigenvalue weighted by Crippen LogP contribution is -2.42. The summed E-state index contributed by atoms with van der Waals surface area (Å²) < 4.78 is 25.6. The van der Waals surface area contributed by atoms with Crippen LogP contribution in [0.4, 0.5) is 5.69 Å². The molecule has 0 saturated carbocycles. The molecule has 0 spiro atoms. The fraction of sp³-hybridized carbons (Fsp3) is 0.632. The van der Waals surface area contributed by atoms with E-state index in [9.17, 15) is 13.2 Å². The van der Waals surface area contributed by atoms with Gasteiger partial charge >= 0.3 is 0 Å². The Balaban J connectivity index is 2.83. The lowest BCUT2D eigenvalue weighted by molar-refractivity contribution is -0.119. The first-order chi connectivity index (χ1) is 11.7. The first-order valence-electron chi connectivity index (χ1n) is 9.00. The molecule has 0 fully saturated rings. The molecule has 1 rings (SSSR count). The highest BCUT2D eigenvalue weighted by Crippen LogP contribution is 2.23. The van der Waals surface area contributed by atoms with Gasteiger partial charge in [-0.25, -0.2) is 8.42 Å². The fourth-order valence-electron chi connectivity index (χ4n) is 2.76. The molecule has 1 atom stereocenters. The van der Waals surface area contributed by atoms with Crippen LogP contribution in [0, 0.1) is 19.8 Å². The predicted molar refractivity (Wildman–Crippen MR) is 104 cm³/mol. The number of nitrogens with zero attached hydrogens (tertiary/aromatic N) is 1. The Morgan fingerprint density at radius 1 is 1.24 bits per heavy atom. The van der Waals surface area contributed by atoms with Gasteiger partial charge in [-0.15, -0.1) is 0 Å². The van der Waals surface area contributed by atoms with Crippen LogP contribution >= 0.6 is 0 Å². The first-order valence-corrected chi connectivity index (χ1v) is 10.9. The Bertz CT molecular complexity index is 671. The number of aryl methyl sites for hydroxylation is 2. The maximum absolute atomic E-state index is 12.3. The number of hydrogen-bond acceptors (Lipinski definition) is 3. The number of anilines is 1. The fourth-order valence-corrected chi connectivity index (χ4v) is 3.66. The van der Waals surface area contributed by atoms with Crippen molar-refractivity contribution in [2.75, 3.05) is 23.7 Å². The van der Waals surface area contributed by atoms with Crippen LogP contribution in [0.25, 0.3) is 0 Å². The summed E-state index contributed by atoms with van der Waals surface area (Å²) in [6, 6.07) is 5.61. The zero-order chi connectivity index (χ0) is 19.0. The summed E-state index contributed by atoms with van der Waals surface area (Å²) in [6.45, 7) is 8.43. The summed E-state index contributed by atoms with van der Waals surface area (Å²) in [5.74, 6) is 0.178. The van der Waals surface area contributed by atoms with E-state index in [1.54, 1.807) is 6.07 Å². The van der Waals surface area contributed by atoms with Crippen molar-refractivity contribution in [2.24, 2.45) is 5.92 Å². The van der Waals surface area contributed by atoms with Crippen molar-refractivity contribution < 1.29 is 13.2 Å². The van der Waals surface area contributed by atoms with E-state index in [2.05, 4.69) is 19.2 Å². The Hall–Kier alpha value is -1.56. The van der Waals surface area contributed by atoms with Gasteiger partial charge < -0.3 is 5.32 Å². The van der Waals surface area contributed by atoms with Gasteiger partial charge in [-0.3, -0.25) is 9.10 Å². The van der Waals surface area contributed by atoms with Crippen LogP contribution in [0.3, 0.4) is 0 Å². The van der Waals surface area contributed by atoms with Crippen LogP contribution in [-0.2, 0) is 14.8 Å². The largest absolute Gasteiger partial charge is 0.354 e. The second-order valence-corrected chi connectivity index (χ2v) is 8.69. The summed E-state index contributed by atoms with van der Waals surface area (Å²) in [5, 5.41) is 2.90. The lowest BCUT2D eigenvalue weighted by Gasteiger charge is -2.24. The van der Waals surface area contributed by atoms with Crippen molar-refractivity contribution in [3.8, 4) is 0 Å². The summed E-state index contributed by atoms with van der Waals surface area (Å²) in [4.78, 5) is 12.3. The molecule has 0 bridgehead atoms. The standard InChI is InChI=1S/C19H32N2O3S/c1-6-8-9-17(7-2)13-20-19(22)14-21(25(5,23)24)18-12-15(3)10-11-16(18)4/h10-12,17H,6-9,13-14H2,1-5H3,(H,20,22). The number of benzene rings is 1. The van der Waals surface area contributed by atoms with Gasteiger partial charge in [0.2, 0.25) is 15.9 Å². The molecule has 0 aromatic heterocycles. The van der Waals surface area contributed by atoms with Gasteiger partial charge in [0.15, 0.2) is 0 Å². The lowest BCUT2D eigenvalue weighted by atomic mass is 9.99. The van der Waals surface area contributed by atoms with E-state index in [0.717, 1.165) is 43.1 Å². The van der Waals surface area contributed by atoms with Crippen molar-refractivity contribution in [3.63, 3.8) is 0 Å². The van der Waals surface area contributed by atoms with E-state index in [-0.39, 0.29) is 12.5 Å². The van der Waals surface area contributed by atoms with Gasteiger partial charge in [-0.1, -0.05) is 45.2 Å². The third kappa shape index (κ3) is 7.06. The summed E-state index contributed by atoms with van der Waals surface area (Å²) >= 11 is 0. The molecule has 1 unspecified atom stereocenters. The van der Waals surface area contributed by atoms with Crippen molar-refractivity contribution >= 4 is 21.6 Å². The molecule has 0 saturated heterocycles. The molecular weight excluding hydrogens is 336 g/mol. The molecule has 0 aliphatic rings. The molecule has 1 aromatic rings. The molecule has 142 valence electrons. The highest BCUT2D eigenvalue weighted by atomic mass is 32.2. The number of rotatable bonds is 10. The topological polar surface area (TPSA) is 66.5 Å². The second-order valence-electron chi connectivity index (χ2n) is 6.78. The van der Waals surface area contributed by atoms with Crippen LogP contribution in [0.15, 0.2) is 18.2 Å². The van der Waals surface area contributed by atoms with Gasteiger partial charge in [0, 0.05) is 6.54 Å². The molecular formula is C19H32N2O3S. The van der Waals surface area contributed by atoms with E-state index >= 15 is 0 Å². The average molecular weight is 369 g/mol. The van der Waals surface area contributed by atoms with Crippen LogP contribution < -0.4 is 9.62 Å². The van der Waals surface area contributed by atoms with Crippen LogP contribution in [0.2, 0.25) is 0 Å². The van der Waals surface area contributed by atoms with Gasteiger partial charge in [0.1, 0.15) is 6.54 Å². The van der Waals surface area contributed by atoms with Gasteiger partial charge in [0.05, 0.1) is 11.9 Å².